The van der Waals surface area contributed by atoms with Crippen LogP contribution in [0, 0.1) is 0 Å². The fourth-order valence-electron chi connectivity index (χ4n) is 3.53. The van der Waals surface area contributed by atoms with Gasteiger partial charge in [-0.2, -0.15) is 0 Å². The summed E-state index contributed by atoms with van der Waals surface area (Å²) in [5, 5.41) is 3.57. The van der Waals surface area contributed by atoms with E-state index in [0.29, 0.717) is 18.2 Å². The van der Waals surface area contributed by atoms with Gasteiger partial charge in [-0.1, -0.05) is 39.8 Å². The van der Waals surface area contributed by atoms with Gasteiger partial charge in [-0.3, -0.25) is 4.79 Å². The average molecular weight is 382 g/mol. The fourth-order valence-corrected chi connectivity index (χ4v) is 3.53. The number of hydrogen-bond donors (Lipinski definition) is 2. The first kappa shape index (κ1) is 20.1. The van der Waals surface area contributed by atoms with Crippen LogP contribution in [-0.4, -0.2) is 39.9 Å². The number of nitrogen functional groups attached to an aromatic ring is 1. The summed E-state index contributed by atoms with van der Waals surface area (Å²) in [7, 11) is 0. The topological polar surface area (TPSA) is 84.1 Å². The molecular weight excluding hydrogens is 350 g/mol. The van der Waals surface area contributed by atoms with E-state index in [1.54, 1.807) is 6.07 Å². The third-order valence-corrected chi connectivity index (χ3v) is 5.23. The van der Waals surface area contributed by atoms with Crippen LogP contribution in [0.4, 0.5) is 11.6 Å². The minimum absolute atomic E-state index is 0.0716. The summed E-state index contributed by atoms with van der Waals surface area (Å²) in [6, 6.07) is 10.6. The number of likely N-dealkylation sites (tertiary alicyclic amines) is 1. The van der Waals surface area contributed by atoms with Crippen LogP contribution >= 0.6 is 0 Å². The van der Waals surface area contributed by atoms with Crippen molar-refractivity contribution in [1.29, 1.82) is 0 Å². The Morgan fingerprint density at radius 2 is 1.86 bits per heavy atom. The summed E-state index contributed by atoms with van der Waals surface area (Å²) in [4.78, 5) is 23.3. The number of rotatable bonds is 5. The maximum Gasteiger partial charge on any atom is 0.272 e. The molecule has 2 aromatic rings. The summed E-state index contributed by atoms with van der Waals surface area (Å²) in [5.74, 6) is 0.804. The largest absolute Gasteiger partial charge is 0.381 e. The molecule has 1 aromatic heterocycles. The van der Waals surface area contributed by atoms with E-state index in [1.165, 1.54) is 5.56 Å². The van der Waals surface area contributed by atoms with Gasteiger partial charge in [0.25, 0.3) is 5.91 Å². The number of benzene rings is 1. The zero-order valence-electron chi connectivity index (χ0n) is 17.3. The van der Waals surface area contributed by atoms with Crippen LogP contribution in [0.5, 0.6) is 0 Å². The van der Waals surface area contributed by atoms with E-state index >= 15 is 0 Å². The van der Waals surface area contributed by atoms with Crippen molar-refractivity contribution in [3.05, 3.63) is 47.3 Å². The smallest absolute Gasteiger partial charge is 0.272 e. The van der Waals surface area contributed by atoms with Crippen molar-refractivity contribution in [1.82, 2.24) is 14.9 Å². The summed E-state index contributed by atoms with van der Waals surface area (Å²) in [6.45, 7) is 9.84. The molecule has 6 nitrogen and oxygen atoms in total. The second kappa shape index (κ2) is 8.59. The molecule has 0 aliphatic carbocycles. The van der Waals surface area contributed by atoms with E-state index in [4.69, 9.17) is 5.73 Å². The van der Waals surface area contributed by atoms with Gasteiger partial charge in [0.05, 0.1) is 0 Å². The van der Waals surface area contributed by atoms with Crippen molar-refractivity contribution in [3.63, 3.8) is 0 Å². The van der Waals surface area contributed by atoms with Gasteiger partial charge < -0.3 is 16.0 Å². The third kappa shape index (κ3) is 4.80. The molecule has 28 heavy (non-hydrogen) atoms. The van der Waals surface area contributed by atoms with E-state index in [9.17, 15) is 4.79 Å². The minimum atomic E-state index is -0.0716. The Balaban J connectivity index is 1.68. The van der Waals surface area contributed by atoms with Gasteiger partial charge in [0.1, 0.15) is 5.69 Å². The first-order valence-electron chi connectivity index (χ1n) is 10.1. The summed E-state index contributed by atoms with van der Waals surface area (Å²) < 4.78 is 0. The molecule has 1 amide bonds. The molecule has 3 rings (SSSR count). The average Bonchev–Trinajstić information content (AvgIpc) is 2.67. The molecule has 1 unspecified atom stereocenters. The molecule has 1 fully saturated rings. The molecule has 1 saturated heterocycles. The second-order valence-electron chi connectivity index (χ2n) is 8.20. The Labute approximate surface area is 167 Å². The van der Waals surface area contributed by atoms with E-state index < -0.39 is 0 Å². The highest BCUT2D eigenvalue weighted by molar-refractivity contribution is 5.92. The van der Waals surface area contributed by atoms with Crippen LogP contribution in [0.15, 0.2) is 30.3 Å². The number of nitrogens with two attached hydrogens (primary N) is 1. The molecule has 1 aliphatic rings. The molecule has 150 valence electrons. The fraction of sp³-hybridized carbons (Fsp3) is 0.500. The van der Waals surface area contributed by atoms with Crippen molar-refractivity contribution < 1.29 is 4.79 Å². The SMILES string of the molecule is CC(C)c1ccc(NC2CCCN(C(=O)c3cc(C(C)C)nc(N)n3)C2)cc1. The van der Waals surface area contributed by atoms with Crippen molar-refractivity contribution in [2.75, 3.05) is 24.1 Å². The maximum absolute atomic E-state index is 13.0. The summed E-state index contributed by atoms with van der Waals surface area (Å²) in [5.41, 5.74) is 9.43. The van der Waals surface area contributed by atoms with Crippen molar-refractivity contribution in [3.8, 4) is 0 Å². The maximum atomic E-state index is 13.0. The molecule has 3 N–H and O–H groups in total. The van der Waals surface area contributed by atoms with Crippen LogP contribution in [0.3, 0.4) is 0 Å². The Hall–Kier alpha value is -2.63. The lowest BCUT2D eigenvalue weighted by molar-refractivity contribution is 0.0708. The first-order chi connectivity index (χ1) is 13.3. The lowest BCUT2D eigenvalue weighted by atomic mass is 10.0. The molecule has 0 saturated carbocycles. The molecule has 1 atom stereocenters. The van der Waals surface area contributed by atoms with Gasteiger partial charge in [0, 0.05) is 30.5 Å². The van der Waals surface area contributed by atoms with E-state index in [2.05, 4.69) is 53.4 Å². The quantitative estimate of drug-likeness (QED) is 0.817. The van der Waals surface area contributed by atoms with Gasteiger partial charge >= 0.3 is 0 Å². The normalized spacial score (nSPS) is 17.2. The Morgan fingerprint density at radius 1 is 1.14 bits per heavy atom. The Morgan fingerprint density at radius 3 is 2.50 bits per heavy atom. The van der Waals surface area contributed by atoms with Crippen molar-refractivity contribution in [2.24, 2.45) is 0 Å². The number of carbonyl (C=O) groups excluding carboxylic acids is 1. The van der Waals surface area contributed by atoms with Crippen LogP contribution in [0.25, 0.3) is 0 Å². The van der Waals surface area contributed by atoms with Gasteiger partial charge in [-0.05, 0) is 48.4 Å². The zero-order chi connectivity index (χ0) is 20.3. The van der Waals surface area contributed by atoms with Crippen LogP contribution in [0.1, 0.15) is 74.1 Å². The van der Waals surface area contributed by atoms with Gasteiger partial charge in [0.15, 0.2) is 0 Å². The highest BCUT2D eigenvalue weighted by Gasteiger charge is 2.26. The molecule has 0 bridgehead atoms. The molecule has 2 heterocycles. The van der Waals surface area contributed by atoms with E-state index in [-0.39, 0.29) is 23.8 Å². The molecule has 1 aliphatic heterocycles. The van der Waals surface area contributed by atoms with E-state index in [1.807, 2.05) is 18.7 Å². The molecule has 0 radical (unpaired) electrons. The van der Waals surface area contributed by atoms with Crippen molar-refractivity contribution >= 4 is 17.5 Å². The van der Waals surface area contributed by atoms with Gasteiger partial charge in [0.2, 0.25) is 5.95 Å². The zero-order valence-corrected chi connectivity index (χ0v) is 17.3. The van der Waals surface area contributed by atoms with Crippen LogP contribution < -0.4 is 11.1 Å². The lowest BCUT2D eigenvalue weighted by Crippen LogP contribution is -2.45. The van der Waals surface area contributed by atoms with Gasteiger partial charge in [-0.15, -0.1) is 0 Å². The third-order valence-electron chi connectivity index (χ3n) is 5.23. The highest BCUT2D eigenvalue weighted by atomic mass is 16.2. The number of nitrogens with zero attached hydrogens (tertiary/aromatic N) is 3. The number of aromatic nitrogens is 2. The summed E-state index contributed by atoms with van der Waals surface area (Å²) >= 11 is 0. The Bertz CT molecular complexity index is 816. The van der Waals surface area contributed by atoms with Crippen LogP contribution in [-0.2, 0) is 0 Å². The van der Waals surface area contributed by atoms with Gasteiger partial charge in [-0.25, -0.2) is 9.97 Å². The van der Waals surface area contributed by atoms with E-state index in [0.717, 1.165) is 30.8 Å². The summed E-state index contributed by atoms with van der Waals surface area (Å²) in [6.07, 6.45) is 2.00. The minimum Gasteiger partial charge on any atom is -0.381 e. The Kier molecular flexibility index (Phi) is 6.17. The highest BCUT2D eigenvalue weighted by Crippen LogP contribution is 2.21. The standard InChI is InChI=1S/C22H31N5O/c1-14(2)16-7-9-17(10-8-16)24-18-6-5-11-27(13-18)21(28)20-12-19(15(3)4)25-22(23)26-20/h7-10,12,14-15,18,24H,5-6,11,13H2,1-4H3,(H2,23,25,26). The first-order valence-corrected chi connectivity index (χ1v) is 10.1. The number of nitrogens with one attached hydrogen (secondary N) is 1. The number of anilines is 2. The second-order valence-corrected chi connectivity index (χ2v) is 8.20. The molecule has 0 spiro atoms. The predicted octanol–water partition coefficient (Wildman–Crippen LogP) is 4.02. The predicted molar refractivity (Wildman–Crippen MR) is 114 cm³/mol. The number of hydrogen-bond acceptors (Lipinski definition) is 5. The lowest BCUT2D eigenvalue weighted by Gasteiger charge is -2.33. The van der Waals surface area contributed by atoms with Crippen LogP contribution in [0.2, 0.25) is 0 Å². The number of piperidine rings is 1. The monoisotopic (exact) mass is 381 g/mol. The number of amides is 1. The molecule has 6 heteroatoms. The molecular formula is C22H31N5O. The van der Waals surface area contributed by atoms with Crippen molar-refractivity contribution in [2.45, 2.75) is 58.4 Å². The molecule has 1 aromatic carbocycles. The number of carbonyl (C=O) groups is 1.